The molecule has 0 bridgehead atoms. The van der Waals surface area contributed by atoms with E-state index < -0.39 is 24.3 Å². The number of nitrogens with one attached hydrogen (secondary N) is 2. The van der Waals surface area contributed by atoms with E-state index in [-0.39, 0.29) is 37.5 Å². The fraction of sp³-hybridized carbons (Fsp3) is 0.300. The van der Waals surface area contributed by atoms with Crippen LogP contribution in [0.2, 0.25) is 0 Å². The summed E-state index contributed by atoms with van der Waals surface area (Å²) >= 11 is 1.56. The maximum Gasteiger partial charge on any atom is 0.335 e. The summed E-state index contributed by atoms with van der Waals surface area (Å²) in [4.78, 5) is 35.9. The minimum absolute atomic E-state index is 0.0510. The Labute approximate surface area is 242 Å². The number of ether oxygens (including phenoxy) is 3. The molecule has 1 aliphatic heterocycles. The van der Waals surface area contributed by atoms with Crippen molar-refractivity contribution in [2.45, 2.75) is 43.3 Å². The molecule has 0 aromatic heterocycles. The van der Waals surface area contributed by atoms with Crippen molar-refractivity contribution in [1.82, 2.24) is 5.32 Å². The Morgan fingerprint density at radius 1 is 1.00 bits per heavy atom. The fourth-order valence-corrected chi connectivity index (χ4v) is 5.13. The lowest BCUT2D eigenvalue weighted by atomic mass is 10.0. The molecule has 3 atom stereocenters. The van der Waals surface area contributed by atoms with E-state index in [0.717, 1.165) is 16.0 Å². The van der Waals surface area contributed by atoms with Crippen molar-refractivity contribution in [3.05, 3.63) is 95.1 Å². The van der Waals surface area contributed by atoms with E-state index >= 15 is 0 Å². The Bertz CT molecular complexity index is 1330. The quantitative estimate of drug-likeness (QED) is 0.184. The highest BCUT2D eigenvalue weighted by molar-refractivity contribution is 7.99. The molecule has 0 radical (unpaired) electrons. The summed E-state index contributed by atoms with van der Waals surface area (Å²) in [7, 11) is 0. The van der Waals surface area contributed by atoms with Gasteiger partial charge in [-0.1, -0.05) is 36.4 Å². The number of carboxylic acids is 1. The van der Waals surface area contributed by atoms with Crippen LogP contribution in [0.1, 0.15) is 52.8 Å². The van der Waals surface area contributed by atoms with Crippen LogP contribution in [-0.4, -0.2) is 53.2 Å². The smallest absolute Gasteiger partial charge is 0.335 e. The van der Waals surface area contributed by atoms with Crippen LogP contribution in [0, 0.1) is 0 Å². The normalized spacial score (nSPS) is 18.3. The molecule has 10 nitrogen and oxygen atoms in total. The van der Waals surface area contributed by atoms with Crippen molar-refractivity contribution >= 4 is 35.4 Å². The fourth-order valence-electron chi connectivity index (χ4n) is 4.21. The Balaban J connectivity index is 1.47. The van der Waals surface area contributed by atoms with Crippen LogP contribution in [0.3, 0.4) is 0 Å². The first-order valence-corrected chi connectivity index (χ1v) is 14.1. The first-order valence-electron chi connectivity index (χ1n) is 13.1. The lowest BCUT2D eigenvalue weighted by Gasteiger charge is -2.36. The predicted octanol–water partition coefficient (Wildman–Crippen LogP) is 4.90. The third-order valence-corrected chi connectivity index (χ3v) is 7.41. The van der Waals surface area contributed by atoms with Crippen molar-refractivity contribution in [2.24, 2.45) is 0 Å². The minimum Gasteiger partial charge on any atom is -0.478 e. The molecule has 3 unspecified atom stereocenters. The number of thioether (sulfide) groups is 1. The van der Waals surface area contributed by atoms with Gasteiger partial charge in [0.05, 0.1) is 31.0 Å². The largest absolute Gasteiger partial charge is 0.478 e. The van der Waals surface area contributed by atoms with E-state index in [2.05, 4.69) is 10.6 Å². The molecule has 4 N–H and O–H groups in total. The number of aromatic carboxylic acids is 1. The summed E-state index contributed by atoms with van der Waals surface area (Å²) < 4.78 is 17.5. The highest BCUT2D eigenvalue weighted by Gasteiger charge is 2.32. The summed E-state index contributed by atoms with van der Waals surface area (Å²) in [5.41, 5.74) is 3.17. The second kappa shape index (κ2) is 14.6. The molecule has 11 heteroatoms. The van der Waals surface area contributed by atoms with Crippen LogP contribution in [-0.2, 0) is 25.6 Å². The van der Waals surface area contributed by atoms with E-state index in [4.69, 9.17) is 19.3 Å². The van der Waals surface area contributed by atoms with Crippen LogP contribution in [0.25, 0.3) is 0 Å². The Hall–Kier alpha value is -3.90. The van der Waals surface area contributed by atoms with E-state index in [1.54, 1.807) is 61.2 Å². The van der Waals surface area contributed by atoms with Crippen LogP contribution in [0.4, 0.5) is 10.5 Å². The second-order valence-electron chi connectivity index (χ2n) is 9.23. The average molecular weight is 581 g/mol. The van der Waals surface area contributed by atoms with Gasteiger partial charge in [-0.15, -0.1) is 11.8 Å². The molecule has 0 aliphatic carbocycles. The number of benzene rings is 3. The molecular formula is C30H32N2O8S. The molecule has 1 saturated heterocycles. The molecule has 3 aromatic carbocycles. The third-order valence-electron chi connectivity index (χ3n) is 6.27. The summed E-state index contributed by atoms with van der Waals surface area (Å²) in [6.45, 7) is 1.62. The summed E-state index contributed by atoms with van der Waals surface area (Å²) in [6, 6.07) is 20.8. The Morgan fingerprint density at radius 2 is 1.76 bits per heavy atom. The zero-order valence-corrected chi connectivity index (χ0v) is 23.3. The van der Waals surface area contributed by atoms with Crippen molar-refractivity contribution in [3.8, 4) is 0 Å². The maximum atomic E-state index is 12.3. The topological polar surface area (TPSA) is 143 Å². The minimum atomic E-state index is -0.972. The third kappa shape index (κ3) is 8.79. The van der Waals surface area contributed by atoms with Gasteiger partial charge in [0, 0.05) is 28.3 Å². The maximum absolute atomic E-state index is 12.3. The lowest BCUT2D eigenvalue weighted by Crippen LogP contribution is -2.34. The van der Waals surface area contributed by atoms with Gasteiger partial charge in [0.25, 0.3) is 0 Å². The van der Waals surface area contributed by atoms with Gasteiger partial charge in [-0.2, -0.15) is 0 Å². The van der Waals surface area contributed by atoms with E-state index in [9.17, 15) is 19.5 Å². The van der Waals surface area contributed by atoms with Gasteiger partial charge in [0.15, 0.2) is 6.29 Å². The van der Waals surface area contributed by atoms with Gasteiger partial charge >= 0.3 is 18.0 Å². The first kappa shape index (κ1) is 30.1. The van der Waals surface area contributed by atoms with Crippen LogP contribution in [0.15, 0.2) is 77.7 Å². The zero-order chi connectivity index (χ0) is 29.2. The van der Waals surface area contributed by atoms with Gasteiger partial charge in [0.2, 0.25) is 0 Å². The molecule has 41 heavy (non-hydrogen) atoms. The van der Waals surface area contributed by atoms with Crippen LogP contribution >= 0.6 is 11.8 Å². The number of esters is 1. The first-order chi connectivity index (χ1) is 19.8. The number of carbonyl (C=O) groups is 3. The number of hydrogen-bond acceptors (Lipinski definition) is 8. The van der Waals surface area contributed by atoms with Gasteiger partial charge in [-0.25, -0.2) is 9.59 Å². The van der Waals surface area contributed by atoms with E-state index in [0.29, 0.717) is 23.4 Å². The molecule has 1 heterocycles. The van der Waals surface area contributed by atoms with Crippen molar-refractivity contribution in [3.63, 3.8) is 0 Å². The van der Waals surface area contributed by atoms with Crippen molar-refractivity contribution < 1.29 is 38.8 Å². The Kier molecular flexibility index (Phi) is 10.7. The molecule has 4 rings (SSSR count). The highest BCUT2D eigenvalue weighted by atomic mass is 32.2. The number of amides is 2. The molecule has 216 valence electrons. The molecule has 2 amide bonds. The average Bonchev–Trinajstić information content (AvgIpc) is 2.99. The van der Waals surface area contributed by atoms with Gasteiger partial charge in [-0.05, 0) is 54.4 Å². The number of anilines is 1. The van der Waals surface area contributed by atoms with Gasteiger partial charge in [0.1, 0.15) is 6.54 Å². The summed E-state index contributed by atoms with van der Waals surface area (Å²) in [6.07, 6.45) is -0.630. The number of aliphatic hydroxyl groups is 1. The van der Waals surface area contributed by atoms with E-state index in [1.807, 2.05) is 30.3 Å². The SMILES string of the molecule is CCOC(=O)CNC(=O)Nc1cccc(C2OC(CSc3ccc(C(=O)O)cc3)CC(c3ccc(CO)cc3)O2)c1. The lowest BCUT2D eigenvalue weighted by molar-refractivity contribution is -0.245. The van der Waals surface area contributed by atoms with Gasteiger partial charge in [-0.3, -0.25) is 4.79 Å². The zero-order valence-electron chi connectivity index (χ0n) is 22.4. The predicted molar refractivity (Wildman–Crippen MR) is 153 cm³/mol. The number of aliphatic hydroxyl groups excluding tert-OH is 1. The molecule has 0 saturated carbocycles. The summed E-state index contributed by atoms with van der Waals surface area (Å²) in [5, 5.41) is 23.7. The number of carbonyl (C=O) groups excluding carboxylic acids is 2. The van der Waals surface area contributed by atoms with Crippen molar-refractivity contribution in [2.75, 3.05) is 24.2 Å². The standard InChI is InChI=1S/C30H32N2O8S/c1-2-38-27(34)16-31-30(37)32-23-5-3-4-22(14-23)29-39-24(18-41-25-12-10-21(11-13-25)28(35)36)15-26(40-29)20-8-6-19(17-33)7-9-20/h3-14,24,26,29,33H,2,15-18H2,1H3,(H,35,36)(H2,31,32,37). The number of urea groups is 1. The second-order valence-corrected chi connectivity index (χ2v) is 10.3. The molecule has 1 fully saturated rings. The molecule has 1 aliphatic rings. The molecular weight excluding hydrogens is 548 g/mol. The van der Waals surface area contributed by atoms with E-state index in [1.165, 1.54) is 0 Å². The van der Waals surface area contributed by atoms with Gasteiger partial charge < -0.3 is 35.1 Å². The molecule has 0 spiro atoms. The monoisotopic (exact) mass is 580 g/mol. The number of carboxylic acid groups (broad SMARTS) is 1. The van der Waals surface area contributed by atoms with Crippen LogP contribution in [0.5, 0.6) is 0 Å². The van der Waals surface area contributed by atoms with Crippen molar-refractivity contribution in [1.29, 1.82) is 0 Å². The van der Waals surface area contributed by atoms with Crippen LogP contribution < -0.4 is 10.6 Å². The highest BCUT2D eigenvalue weighted by Crippen LogP contribution is 2.40. The Morgan fingerprint density at radius 3 is 2.44 bits per heavy atom. The number of rotatable bonds is 11. The molecule has 3 aromatic rings. The number of hydrogen-bond donors (Lipinski definition) is 4. The summed E-state index contributed by atoms with van der Waals surface area (Å²) in [5.74, 6) is -0.897.